The molecule has 0 bridgehead atoms. The van der Waals surface area contributed by atoms with Crippen LogP contribution in [0.3, 0.4) is 0 Å². The zero-order valence-corrected chi connectivity index (χ0v) is 9.28. The van der Waals surface area contributed by atoms with E-state index in [4.69, 9.17) is 5.11 Å². The summed E-state index contributed by atoms with van der Waals surface area (Å²) in [6, 6.07) is 7.39. The smallest absolute Gasteiger partial charge is 0.252 e. The lowest BCUT2D eigenvalue weighted by Crippen LogP contribution is -2.24. The first-order valence-electron chi connectivity index (χ1n) is 3.84. The Bertz CT molecular complexity index is 312. The molecule has 0 aromatic heterocycles. The highest BCUT2D eigenvalue weighted by molar-refractivity contribution is 14.1. The Balaban J connectivity index is 2.69. The fourth-order valence-electron chi connectivity index (χ4n) is 0.813. The van der Waals surface area contributed by atoms with E-state index in [0.717, 1.165) is 3.57 Å². The summed E-state index contributed by atoms with van der Waals surface area (Å²) in [6.45, 7) is 1.43. The van der Waals surface area contributed by atoms with E-state index >= 15 is 0 Å². The maximum Gasteiger partial charge on any atom is 0.252 e. The largest absolute Gasteiger partial charge is 0.384 e. The van der Waals surface area contributed by atoms with E-state index < -0.39 is 6.10 Å². The minimum atomic E-state index is -0.974. The van der Waals surface area contributed by atoms with Gasteiger partial charge in [-0.25, -0.2) is 0 Å². The predicted octanol–water partition coefficient (Wildman–Crippen LogP) is 1.61. The van der Waals surface area contributed by atoms with Crippen molar-refractivity contribution >= 4 is 34.2 Å². The molecule has 3 nitrogen and oxygen atoms in total. The lowest BCUT2D eigenvalue weighted by Gasteiger charge is -2.06. The molecule has 2 N–H and O–H groups in total. The first-order valence-corrected chi connectivity index (χ1v) is 4.92. The molecule has 0 aliphatic heterocycles. The first kappa shape index (κ1) is 10.5. The summed E-state index contributed by atoms with van der Waals surface area (Å²) < 4.78 is 1.04. The number of anilines is 1. The van der Waals surface area contributed by atoms with Crippen LogP contribution in [0.2, 0.25) is 0 Å². The molecule has 0 aliphatic rings. The molecule has 1 amide bonds. The molecule has 1 aromatic rings. The standard InChI is InChI=1S/C9H10INO2/c1-6(12)9(13)11-8-4-2-3-7(10)5-8/h2-6,12H,1H3,(H,11,13)/t6-/m1/s1. The number of hydrogen-bond donors (Lipinski definition) is 2. The van der Waals surface area contributed by atoms with E-state index in [1.54, 1.807) is 6.07 Å². The highest BCUT2D eigenvalue weighted by Gasteiger charge is 2.07. The summed E-state index contributed by atoms with van der Waals surface area (Å²) >= 11 is 2.16. The number of carbonyl (C=O) groups is 1. The molecule has 0 unspecified atom stereocenters. The Hall–Kier alpha value is -0.620. The van der Waals surface area contributed by atoms with Crippen molar-refractivity contribution in [3.8, 4) is 0 Å². The van der Waals surface area contributed by atoms with Gasteiger partial charge in [0.05, 0.1) is 0 Å². The molecule has 1 rings (SSSR count). The Morgan fingerprint density at radius 3 is 2.85 bits per heavy atom. The van der Waals surface area contributed by atoms with Crippen molar-refractivity contribution in [2.24, 2.45) is 0 Å². The predicted molar refractivity (Wildman–Crippen MR) is 59.5 cm³/mol. The van der Waals surface area contributed by atoms with E-state index in [1.165, 1.54) is 6.92 Å². The number of rotatable bonds is 2. The molecule has 0 saturated carbocycles. The van der Waals surface area contributed by atoms with Crippen LogP contribution >= 0.6 is 22.6 Å². The quantitative estimate of drug-likeness (QED) is 0.813. The van der Waals surface area contributed by atoms with Gasteiger partial charge in [0.2, 0.25) is 0 Å². The van der Waals surface area contributed by atoms with Gasteiger partial charge in [-0.05, 0) is 47.7 Å². The average Bonchev–Trinajstić information content (AvgIpc) is 2.04. The molecule has 4 heteroatoms. The zero-order valence-electron chi connectivity index (χ0n) is 7.12. The van der Waals surface area contributed by atoms with E-state index in [2.05, 4.69) is 27.9 Å². The highest BCUT2D eigenvalue weighted by Crippen LogP contribution is 2.12. The van der Waals surface area contributed by atoms with Gasteiger partial charge >= 0.3 is 0 Å². The number of benzene rings is 1. The summed E-state index contributed by atoms with van der Waals surface area (Å²) in [5.41, 5.74) is 0.706. The van der Waals surface area contributed by atoms with Crippen molar-refractivity contribution in [3.63, 3.8) is 0 Å². The second kappa shape index (κ2) is 4.57. The fourth-order valence-corrected chi connectivity index (χ4v) is 1.36. The molecule has 70 valence electrons. The third-order valence-electron chi connectivity index (χ3n) is 1.47. The maximum atomic E-state index is 11.1. The van der Waals surface area contributed by atoms with Crippen LogP contribution in [0.25, 0.3) is 0 Å². The average molecular weight is 291 g/mol. The van der Waals surface area contributed by atoms with Crippen LogP contribution in [-0.4, -0.2) is 17.1 Å². The first-order chi connectivity index (χ1) is 6.09. The number of aliphatic hydroxyl groups excluding tert-OH is 1. The minimum absolute atomic E-state index is 0.387. The van der Waals surface area contributed by atoms with Crippen molar-refractivity contribution < 1.29 is 9.90 Å². The molecule has 0 spiro atoms. The molecule has 13 heavy (non-hydrogen) atoms. The zero-order chi connectivity index (χ0) is 9.84. The van der Waals surface area contributed by atoms with Crippen LogP contribution in [0.4, 0.5) is 5.69 Å². The minimum Gasteiger partial charge on any atom is -0.384 e. The third kappa shape index (κ3) is 3.31. The van der Waals surface area contributed by atoms with Gasteiger partial charge in [0, 0.05) is 9.26 Å². The normalized spacial score (nSPS) is 12.2. The number of halogens is 1. The Morgan fingerprint density at radius 1 is 1.62 bits per heavy atom. The van der Waals surface area contributed by atoms with Gasteiger partial charge in [0.25, 0.3) is 5.91 Å². The van der Waals surface area contributed by atoms with E-state index in [9.17, 15) is 4.79 Å². The summed E-state index contributed by atoms with van der Waals surface area (Å²) in [6.07, 6.45) is -0.974. The van der Waals surface area contributed by atoms with Crippen molar-refractivity contribution in [1.29, 1.82) is 0 Å². The number of amides is 1. The van der Waals surface area contributed by atoms with Gasteiger partial charge in [-0.2, -0.15) is 0 Å². The van der Waals surface area contributed by atoms with Crippen molar-refractivity contribution in [1.82, 2.24) is 0 Å². The third-order valence-corrected chi connectivity index (χ3v) is 2.14. The topological polar surface area (TPSA) is 49.3 Å². The van der Waals surface area contributed by atoms with Gasteiger partial charge in [-0.15, -0.1) is 0 Å². The van der Waals surface area contributed by atoms with E-state index in [-0.39, 0.29) is 5.91 Å². The molecular weight excluding hydrogens is 281 g/mol. The number of hydrogen-bond acceptors (Lipinski definition) is 2. The Labute approximate surface area is 90.3 Å². The van der Waals surface area contributed by atoms with Crippen LogP contribution in [0, 0.1) is 3.57 Å². The van der Waals surface area contributed by atoms with Gasteiger partial charge in [-0.1, -0.05) is 6.07 Å². The van der Waals surface area contributed by atoms with Crippen LogP contribution in [0.5, 0.6) is 0 Å². The van der Waals surface area contributed by atoms with Crippen molar-refractivity contribution in [2.75, 3.05) is 5.32 Å². The van der Waals surface area contributed by atoms with Gasteiger partial charge in [-0.3, -0.25) is 4.79 Å². The van der Waals surface area contributed by atoms with Gasteiger partial charge in [0.1, 0.15) is 6.10 Å². The molecular formula is C9H10INO2. The van der Waals surface area contributed by atoms with Crippen molar-refractivity contribution in [3.05, 3.63) is 27.8 Å². The molecule has 0 fully saturated rings. The molecule has 0 saturated heterocycles. The Morgan fingerprint density at radius 2 is 2.31 bits per heavy atom. The second-order valence-electron chi connectivity index (χ2n) is 2.68. The fraction of sp³-hybridized carbons (Fsp3) is 0.222. The monoisotopic (exact) mass is 291 g/mol. The van der Waals surface area contributed by atoms with E-state index in [0.29, 0.717) is 5.69 Å². The van der Waals surface area contributed by atoms with Crippen LogP contribution in [0.15, 0.2) is 24.3 Å². The summed E-state index contributed by atoms with van der Waals surface area (Å²) in [5.74, 6) is -0.387. The highest BCUT2D eigenvalue weighted by atomic mass is 127. The summed E-state index contributed by atoms with van der Waals surface area (Å²) in [7, 11) is 0. The second-order valence-corrected chi connectivity index (χ2v) is 3.92. The SMILES string of the molecule is C[C@@H](O)C(=O)Nc1cccc(I)c1. The summed E-state index contributed by atoms with van der Waals surface area (Å²) in [5, 5.41) is 11.5. The summed E-state index contributed by atoms with van der Waals surface area (Å²) in [4.78, 5) is 11.1. The molecule has 1 atom stereocenters. The van der Waals surface area contributed by atoms with Gasteiger partial charge in [0.15, 0.2) is 0 Å². The van der Waals surface area contributed by atoms with Crippen LogP contribution in [0.1, 0.15) is 6.92 Å². The molecule has 0 heterocycles. The van der Waals surface area contributed by atoms with Gasteiger partial charge < -0.3 is 10.4 Å². The number of carbonyl (C=O) groups excluding carboxylic acids is 1. The maximum absolute atomic E-state index is 11.1. The Kier molecular flexibility index (Phi) is 3.68. The van der Waals surface area contributed by atoms with Crippen LogP contribution < -0.4 is 5.32 Å². The molecule has 0 radical (unpaired) electrons. The van der Waals surface area contributed by atoms with Crippen LogP contribution in [-0.2, 0) is 4.79 Å². The molecule has 0 aliphatic carbocycles. The number of aliphatic hydroxyl groups is 1. The lowest BCUT2D eigenvalue weighted by atomic mass is 10.3. The molecule has 1 aromatic carbocycles. The van der Waals surface area contributed by atoms with E-state index in [1.807, 2.05) is 18.2 Å². The van der Waals surface area contributed by atoms with Crippen molar-refractivity contribution in [2.45, 2.75) is 13.0 Å². The lowest BCUT2D eigenvalue weighted by molar-refractivity contribution is -0.123. The number of nitrogens with one attached hydrogen (secondary N) is 1.